The number of carbonyl (C=O) groups excluding carboxylic acids is 1. The van der Waals surface area contributed by atoms with Crippen LogP contribution in [0, 0.1) is 0 Å². The van der Waals surface area contributed by atoms with Crippen LogP contribution >= 0.6 is 0 Å². The van der Waals surface area contributed by atoms with Gasteiger partial charge in [-0.25, -0.2) is 4.79 Å². The molecule has 1 amide bonds. The second kappa shape index (κ2) is 4.82. The molecule has 0 aromatic heterocycles. The topological polar surface area (TPSA) is 29.5 Å². The Hall–Kier alpha value is -1.51. The Bertz CT molecular complexity index is 296. The Labute approximate surface area is 89.7 Å². The number of allylic oxidation sites excluding steroid dienone is 4. The van der Waals surface area contributed by atoms with Crippen LogP contribution in [0.1, 0.15) is 25.7 Å². The van der Waals surface area contributed by atoms with Crippen molar-refractivity contribution in [2.45, 2.75) is 31.8 Å². The van der Waals surface area contributed by atoms with Gasteiger partial charge in [0, 0.05) is 12.4 Å². The van der Waals surface area contributed by atoms with Crippen LogP contribution < -0.4 is 0 Å². The third-order valence-electron chi connectivity index (χ3n) is 2.61. The summed E-state index contributed by atoms with van der Waals surface area (Å²) in [4.78, 5) is 13.2. The highest BCUT2D eigenvalue weighted by Crippen LogP contribution is 2.21. The predicted octanol–water partition coefficient (Wildman–Crippen LogP) is 2.96. The lowest BCUT2D eigenvalue weighted by Gasteiger charge is -2.16. The Morgan fingerprint density at radius 3 is 2.27 bits per heavy atom. The zero-order valence-electron chi connectivity index (χ0n) is 8.63. The largest absolute Gasteiger partial charge is 0.446 e. The minimum Gasteiger partial charge on any atom is -0.446 e. The maximum atomic E-state index is 11.7. The van der Waals surface area contributed by atoms with E-state index in [0.717, 1.165) is 12.8 Å². The van der Waals surface area contributed by atoms with E-state index in [1.165, 1.54) is 17.7 Å². The highest BCUT2D eigenvalue weighted by molar-refractivity contribution is 5.70. The Morgan fingerprint density at radius 1 is 1.07 bits per heavy atom. The molecule has 0 radical (unpaired) electrons. The van der Waals surface area contributed by atoms with Gasteiger partial charge in [0.1, 0.15) is 6.10 Å². The molecule has 2 aliphatic rings. The molecule has 3 nitrogen and oxygen atoms in total. The number of rotatable bonds is 1. The molecule has 1 aliphatic carbocycles. The highest BCUT2D eigenvalue weighted by atomic mass is 16.6. The van der Waals surface area contributed by atoms with E-state index in [2.05, 4.69) is 0 Å². The molecule has 0 N–H and O–H groups in total. The van der Waals surface area contributed by atoms with Gasteiger partial charge in [-0.2, -0.15) is 0 Å². The van der Waals surface area contributed by atoms with Crippen molar-refractivity contribution >= 4 is 6.09 Å². The quantitative estimate of drug-likeness (QED) is 0.658. The number of carbonyl (C=O) groups is 1. The van der Waals surface area contributed by atoms with Crippen LogP contribution in [0.5, 0.6) is 0 Å². The zero-order valence-corrected chi connectivity index (χ0v) is 8.63. The fraction of sp³-hybridized carbons (Fsp3) is 0.417. The molecule has 15 heavy (non-hydrogen) atoms. The molecule has 0 spiro atoms. The van der Waals surface area contributed by atoms with Gasteiger partial charge >= 0.3 is 6.09 Å². The zero-order chi connectivity index (χ0) is 10.5. The number of amides is 1. The van der Waals surface area contributed by atoms with Gasteiger partial charge in [0.05, 0.1) is 0 Å². The van der Waals surface area contributed by atoms with E-state index in [-0.39, 0.29) is 12.2 Å². The summed E-state index contributed by atoms with van der Waals surface area (Å²) >= 11 is 0. The van der Waals surface area contributed by atoms with E-state index in [0.29, 0.717) is 0 Å². The van der Waals surface area contributed by atoms with Crippen LogP contribution in [0.15, 0.2) is 36.7 Å². The third-order valence-corrected chi connectivity index (χ3v) is 2.61. The van der Waals surface area contributed by atoms with E-state index in [1.807, 2.05) is 24.3 Å². The van der Waals surface area contributed by atoms with E-state index < -0.39 is 0 Å². The van der Waals surface area contributed by atoms with Gasteiger partial charge in [-0.1, -0.05) is 12.2 Å². The van der Waals surface area contributed by atoms with E-state index in [1.54, 1.807) is 12.4 Å². The lowest BCUT2D eigenvalue weighted by atomic mass is 10.3. The lowest BCUT2D eigenvalue weighted by molar-refractivity contribution is 0.0853. The average molecular weight is 205 g/mol. The summed E-state index contributed by atoms with van der Waals surface area (Å²) < 4.78 is 5.36. The monoisotopic (exact) mass is 205 g/mol. The molecule has 0 bridgehead atoms. The summed E-state index contributed by atoms with van der Waals surface area (Å²) in [6.07, 6.45) is 15.0. The molecule has 0 aromatic rings. The summed E-state index contributed by atoms with van der Waals surface area (Å²) in [5.74, 6) is 0. The molecular weight excluding hydrogens is 190 g/mol. The molecule has 1 aliphatic heterocycles. The Balaban J connectivity index is 1.89. The van der Waals surface area contributed by atoms with Gasteiger partial charge in [0.2, 0.25) is 0 Å². The maximum absolute atomic E-state index is 11.7. The molecule has 1 saturated carbocycles. The fourth-order valence-corrected chi connectivity index (χ4v) is 1.79. The molecule has 1 heterocycles. The van der Waals surface area contributed by atoms with Gasteiger partial charge < -0.3 is 4.74 Å². The molecule has 1 fully saturated rings. The van der Waals surface area contributed by atoms with Crippen molar-refractivity contribution < 1.29 is 9.53 Å². The van der Waals surface area contributed by atoms with Crippen molar-refractivity contribution in [2.24, 2.45) is 0 Å². The highest BCUT2D eigenvalue weighted by Gasteiger charge is 2.21. The van der Waals surface area contributed by atoms with Crippen molar-refractivity contribution in [3.05, 3.63) is 36.7 Å². The van der Waals surface area contributed by atoms with Crippen LogP contribution in [-0.2, 0) is 4.74 Å². The summed E-state index contributed by atoms with van der Waals surface area (Å²) in [6, 6.07) is 0. The average Bonchev–Trinajstić information content (AvgIpc) is 2.58. The lowest BCUT2D eigenvalue weighted by Crippen LogP contribution is -2.25. The van der Waals surface area contributed by atoms with Crippen LogP contribution in [-0.4, -0.2) is 17.1 Å². The summed E-state index contributed by atoms with van der Waals surface area (Å²) in [7, 11) is 0. The maximum Gasteiger partial charge on any atom is 0.418 e. The Kier molecular flexibility index (Phi) is 3.22. The van der Waals surface area contributed by atoms with Gasteiger partial charge in [-0.3, -0.25) is 4.90 Å². The number of ether oxygens (including phenoxy) is 1. The number of hydrogen-bond donors (Lipinski definition) is 0. The van der Waals surface area contributed by atoms with Gasteiger partial charge in [-0.05, 0) is 37.8 Å². The molecule has 80 valence electrons. The fourth-order valence-electron chi connectivity index (χ4n) is 1.79. The third kappa shape index (κ3) is 2.72. The first-order valence-corrected chi connectivity index (χ1v) is 5.37. The smallest absolute Gasteiger partial charge is 0.418 e. The first-order valence-electron chi connectivity index (χ1n) is 5.37. The molecule has 0 atom stereocenters. The van der Waals surface area contributed by atoms with E-state index in [4.69, 9.17) is 4.74 Å². The van der Waals surface area contributed by atoms with Gasteiger partial charge in [-0.15, -0.1) is 0 Å². The minimum atomic E-state index is -0.280. The van der Waals surface area contributed by atoms with Crippen molar-refractivity contribution in [1.82, 2.24) is 4.90 Å². The second-order valence-corrected chi connectivity index (χ2v) is 3.77. The van der Waals surface area contributed by atoms with Crippen molar-refractivity contribution in [3.8, 4) is 0 Å². The SMILES string of the molecule is O=C(OC1CCCC1)N1C=CC=CC=C1. The van der Waals surface area contributed by atoms with Crippen molar-refractivity contribution in [3.63, 3.8) is 0 Å². The van der Waals surface area contributed by atoms with Gasteiger partial charge in [0.15, 0.2) is 0 Å². The van der Waals surface area contributed by atoms with E-state index in [9.17, 15) is 4.79 Å². The van der Waals surface area contributed by atoms with Crippen LogP contribution in [0.4, 0.5) is 4.79 Å². The number of nitrogens with zero attached hydrogens (tertiary/aromatic N) is 1. The van der Waals surface area contributed by atoms with Gasteiger partial charge in [0.25, 0.3) is 0 Å². The summed E-state index contributed by atoms with van der Waals surface area (Å²) in [5, 5.41) is 0. The predicted molar refractivity (Wildman–Crippen MR) is 58.0 cm³/mol. The summed E-state index contributed by atoms with van der Waals surface area (Å²) in [6.45, 7) is 0. The standard InChI is InChI=1S/C12H15NO2/c14-12(15-11-7-3-4-8-11)13-9-5-1-2-6-10-13/h1-2,5-6,9-11H,3-4,7-8H2. The van der Waals surface area contributed by atoms with Crippen molar-refractivity contribution in [2.75, 3.05) is 0 Å². The summed E-state index contributed by atoms with van der Waals surface area (Å²) in [5.41, 5.74) is 0. The Morgan fingerprint density at radius 2 is 1.67 bits per heavy atom. The van der Waals surface area contributed by atoms with Crippen molar-refractivity contribution in [1.29, 1.82) is 0 Å². The molecule has 0 saturated heterocycles. The molecule has 3 heteroatoms. The normalized spacial score (nSPS) is 20.7. The molecule has 0 aromatic carbocycles. The molecule has 2 rings (SSSR count). The van der Waals surface area contributed by atoms with Crippen LogP contribution in [0.2, 0.25) is 0 Å². The minimum absolute atomic E-state index is 0.121. The first kappa shape index (κ1) is 10.0. The van der Waals surface area contributed by atoms with Crippen LogP contribution in [0.3, 0.4) is 0 Å². The second-order valence-electron chi connectivity index (χ2n) is 3.77. The van der Waals surface area contributed by atoms with Crippen LogP contribution in [0.25, 0.3) is 0 Å². The molecule has 0 unspecified atom stereocenters. The van der Waals surface area contributed by atoms with E-state index >= 15 is 0 Å². The first-order chi connectivity index (χ1) is 7.36. The molecular formula is C12H15NO2. The number of hydrogen-bond acceptors (Lipinski definition) is 2.